The van der Waals surface area contributed by atoms with Crippen LogP contribution >= 0.6 is 0 Å². The van der Waals surface area contributed by atoms with Gasteiger partial charge in [-0.2, -0.15) is 0 Å². The van der Waals surface area contributed by atoms with E-state index in [1.807, 2.05) is 0 Å². The standard InChI is InChI=1S/2C63H120O3S.O.Ti/c2*1-6-9-12-15-18-21-24-27-30-32-35-38-41-44-47-50-53-61-60(57-59(58(4)5)52-49-46-43-40-37-34-29-26-23-20-17-14-11-8-3)55-56-63(67(64,65)66)62(61)54-51-48-45-42-39-36-33-31-28-25-22-19-16-13-10-7-2;;/h2*55-56,58-59H,6-54,57H2,1-5H3,(H,64,65,66);;/q;;;+2/p-2. The number of hydrogen-bond donors (Lipinski definition) is 0. The number of hydrogen-bond acceptors (Lipinski definition) is 7. The zero-order valence-corrected chi connectivity index (χ0v) is 96.7. The zero-order valence-electron chi connectivity index (χ0n) is 93.5. The Bertz CT molecular complexity index is 2800. The van der Waals surface area contributed by atoms with Gasteiger partial charge >= 0.3 is 23.7 Å². The van der Waals surface area contributed by atoms with Crippen molar-refractivity contribution < 1.29 is 49.7 Å². The topological polar surface area (TPSA) is 131 Å². The van der Waals surface area contributed by atoms with Gasteiger partial charge in [0.15, 0.2) is 0 Å². The summed E-state index contributed by atoms with van der Waals surface area (Å²) in [6, 6.07) is 7.54. The molecule has 0 aromatic heterocycles. The second-order valence-electron chi connectivity index (χ2n) is 44.7. The fraction of sp³-hybridized carbons (Fsp3) is 0.905. The van der Waals surface area contributed by atoms with Gasteiger partial charge < -0.3 is 9.11 Å². The van der Waals surface area contributed by atoms with Crippen LogP contribution in [0.25, 0.3) is 0 Å². The van der Waals surface area contributed by atoms with Gasteiger partial charge in [0.25, 0.3) is 0 Å². The molecule has 0 N–H and O–H groups in total. The third-order valence-electron chi connectivity index (χ3n) is 31.3. The Morgan fingerprint density at radius 1 is 0.191 bits per heavy atom. The Balaban J connectivity index is 0.00000263. The summed E-state index contributed by atoms with van der Waals surface area (Å²) < 4.78 is 85.3. The molecular weight excluding hydrogens is 1740 g/mol. The normalized spacial score (nSPS) is 12.4. The summed E-state index contributed by atoms with van der Waals surface area (Å²) in [6.07, 6.45) is 132. The van der Waals surface area contributed by atoms with E-state index in [0.717, 1.165) is 109 Å². The van der Waals surface area contributed by atoms with E-state index < -0.39 is 20.2 Å². The van der Waals surface area contributed by atoms with Crippen molar-refractivity contribution in [3.05, 3.63) is 57.6 Å². The first-order valence-electron chi connectivity index (χ1n) is 61.9. The van der Waals surface area contributed by atoms with E-state index in [4.69, 9.17) is 3.32 Å². The summed E-state index contributed by atoms with van der Waals surface area (Å²) in [5.41, 5.74) is 6.91. The average molecular weight is 1980 g/mol. The SMILES string of the molecule is CCCCCCCCCCCCCCCCCCc1c(CC(CCCCCCCCCCCCCCCC)C(C)C)ccc(S(=O)(=O)[O-])c1CCCCCCCCCCCCCCCCCC.CCCCCCCCCCCCCCCCCCc1c(CC(CCCCCCCCCCCCCCCC)C(C)C)ccc(S(=O)(=O)[O-])c1CCCCCCCCCCCCCCCCCC.[O]=[Ti+2]. The molecule has 0 bridgehead atoms. The Labute approximate surface area is 865 Å². The first kappa shape index (κ1) is 135. The quantitative estimate of drug-likeness (QED) is 0.0366. The van der Waals surface area contributed by atoms with E-state index in [0.29, 0.717) is 23.7 Å². The van der Waals surface area contributed by atoms with Gasteiger partial charge in [0.05, 0.1) is 9.79 Å². The van der Waals surface area contributed by atoms with Crippen LogP contribution in [0.2, 0.25) is 0 Å². The second-order valence-corrected chi connectivity index (χ2v) is 47.4. The Kier molecular flexibility index (Phi) is 103. The maximum atomic E-state index is 12.8. The van der Waals surface area contributed by atoms with Crippen molar-refractivity contribution in [2.24, 2.45) is 23.7 Å². The second kappa shape index (κ2) is 104. The first-order valence-corrected chi connectivity index (χ1v) is 65.4. The minimum atomic E-state index is -4.54. The molecule has 136 heavy (non-hydrogen) atoms. The van der Waals surface area contributed by atoms with E-state index in [1.165, 1.54) is 587 Å². The molecule has 0 spiro atoms. The number of benzene rings is 2. The van der Waals surface area contributed by atoms with Crippen LogP contribution in [0.4, 0.5) is 0 Å². The summed E-state index contributed by atoms with van der Waals surface area (Å²) in [7, 11) is -9.07. The van der Waals surface area contributed by atoms with Crippen LogP contribution in [0.5, 0.6) is 0 Å². The van der Waals surface area contributed by atoms with Crippen LogP contribution in [0.15, 0.2) is 34.1 Å². The van der Waals surface area contributed by atoms with Gasteiger partial charge in [-0.3, -0.25) is 0 Å². The van der Waals surface area contributed by atoms with Crippen molar-refractivity contribution >= 4 is 20.2 Å². The predicted molar refractivity (Wildman–Crippen MR) is 596 cm³/mol. The molecule has 0 saturated carbocycles. The Hall–Kier alpha value is -1.23. The van der Waals surface area contributed by atoms with Gasteiger partial charge in [0.2, 0.25) is 0 Å². The molecule has 0 aliphatic rings. The van der Waals surface area contributed by atoms with Crippen LogP contribution in [-0.4, -0.2) is 25.9 Å². The van der Waals surface area contributed by atoms with Gasteiger partial charge in [-0.25, -0.2) is 16.8 Å². The van der Waals surface area contributed by atoms with Gasteiger partial charge in [-0.1, -0.05) is 646 Å². The van der Waals surface area contributed by atoms with Crippen molar-refractivity contribution in [3.8, 4) is 0 Å². The maximum absolute atomic E-state index is 12.8. The molecule has 0 radical (unpaired) electrons. The molecule has 2 aromatic rings. The summed E-state index contributed by atoms with van der Waals surface area (Å²) in [6.45, 7) is 23.3. The summed E-state index contributed by atoms with van der Waals surface area (Å²) in [4.78, 5) is 0.161. The zero-order chi connectivity index (χ0) is 99.5. The van der Waals surface area contributed by atoms with Crippen LogP contribution in [0.1, 0.15) is 706 Å². The molecule has 0 amide bonds. The van der Waals surface area contributed by atoms with Crippen molar-refractivity contribution in [3.63, 3.8) is 0 Å². The van der Waals surface area contributed by atoms with Gasteiger partial charge in [0, 0.05) is 0 Å². The number of unbranched alkanes of at least 4 members (excludes halogenated alkanes) is 86. The van der Waals surface area contributed by atoms with E-state index in [1.54, 1.807) is 12.1 Å². The van der Waals surface area contributed by atoms with Crippen molar-refractivity contribution in [2.75, 3.05) is 0 Å². The summed E-state index contributed by atoms with van der Waals surface area (Å²) in [5, 5.41) is 0. The van der Waals surface area contributed by atoms with E-state index in [-0.39, 0.29) is 9.79 Å². The van der Waals surface area contributed by atoms with E-state index in [2.05, 4.69) is 81.4 Å². The van der Waals surface area contributed by atoms with Crippen LogP contribution in [0.3, 0.4) is 0 Å². The van der Waals surface area contributed by atoms with Crippen LogP contribution in [0, 0.1) is 23.7 Å². The molecule has 7 nitrogen and oxygen atoms in total. The fourth-order valence-corrected chi connectivity index (χ4v) is 23.5. The summed E-state index contributed by atoms with van der Waals surface area (Å²) in [5.74, 6) is 2.33. The molecular formula is C126H238O7S2Ti. The third kappa shape index (κ3) is 84.9. The van der Waals surface area contributed by atoms with E-state index in [9.17, 15) is 25.9 Å². The van der Waals surface area contributed by atoms with Gasteiger partial charge in [0.1, 0.15) is 20.2 Å². The molecule has 2 unspecified atom stereocenters. The molecule has 2 aromatic carbocycles. The molecule has 10 heteroatoms. The molecule has 0 heterocycles. The predicted octanol–water partition coefficient (Wildman–Crippen LogP) is 43.6. The molecule has 2 atom stereocenters. The first-order chi connectivity index (χ1) is 66.5. The molecule has 0 fully saturated rings. The van der Waals surface area contributed by atoms with Crippen molar-refractivity contribution in [1.29, 1.82) is 0 Å². The number of rotatable bonds is 106. The van der Waals surface area contributed by atoms with Gasteiger partial charge in [-0.15, -0.1) is 0 Å². The minimum absolute atomic E-state index is 0.0803. The monoisotopic (exact) mass is 1980 g/mol. The molecule has 0 aliphatic heterocycles. The molecule has 0 aliphatic carbocycles. The summed E-state index contributed by atoms with van der Waals surface area (Å²) >= 11 is 0.750. The molecule has 800 valence electrons. The van der Waals surface area contributed by atoms with Crippen LogP contribution < -0.4 is 0 Å². The Morgan fingerprint density at radius 2 is 0.316 bits per heavy atom. The average Bonchev–Trinajstić information content (AvgIpc) is 0.792. The molecule has 0 saturated heterocycles. The third-order valence-corrected chi connectivity index (χ3v) is 33.2. The van der Waals surface area contributed by atoms with Crippen molar-refractivity contribution in [2.45, 2.75) is 721 Å². The van der Waals surface area contributed by atoms with Crippen LogP contribution in [-0.2, 0) is 82.5 Å². The van der Waals surface area contributed by atoms with E-state index >= 15 is 0 Å². The fourth-order valence-electron chi connectivity index (χ4n) is 22.0. The van der Waals surface area contributed by atoms with Crippen molar-refractivity contribution in [1.82, 2.24) is 0 Å². The van der Waals surface area contributed by atoms with Gasteiger partial charge in [-0.05, 0) is 146 Å². The Morgan fingerprint density at radius 3 is 0.449 bits per heavy atom. The molecule has 2 rings (SSSR count).